The summed E-state index contributed by atoms with van der Waals surface area (Å²) in [5.41, 5.74) is 3.11. The van der Waals surface area contributed by atoms with Crippen LogP contribution < -0.4 is 11.4 Å². The molecule has 104 valence electrons. The molecule has 8 heteroatoms. The van der Waals surface area contributed by atoms with Gasteiger partial charge in [-0.15, -0.1) is 6.58 Å². The van der Waals surface area contributed by atoms with Crippen LogP contribution in [0.25, 0.3) is 0 Å². The van der Waals surface area contributed by atoms with Gasteiger partial charge >= 0.3 is 5.69 Å². The van der Waals surface area contributed by atoms with Crippen molar-refractivity contribution in [1.29, 1.82) is 0 Å². The number of hydrogen-bond acceptors (Lipinski definition) is 7. The molecule has 2 heterocycles. The maximum atomic E-state index is 11.7. The van der Waals surface area contributed by atoms with E-state index in [-0.39, 0.29) is 5.82 Å². The Labute approximate surface area is 108 Å². The summed E-state index contributed by atoms with van der Waals surface area (Å²) in [5, 5.41) is 29.2. The Morgan fingerprint density at radius 1 is 1.63 bits per heavy atom. The van der Waals surface area contributed by atoms with Gasteiger partial charge < -0.3 is 25.8 Å². The first-order valence-electron chi connectivity index (χ1n) is 5.58. The third-order valence-electron chi connectivity index (χ3n) is 3.17. The number of ether oxygens (including phenoxy) is 1. The number of hydrogen-bond donors (Lipinski definition) is 4. The monoisotopic (exact) mass is 269 g/mol. The van der Waals surface area contributed by atoms with Gasteiger partial charge in [-0.25, -0.2) is 4.79 Å². The van der Waals surface area contributed by atoms with E-state index in [4.69, 9.17) is 10.5 Å². The molecule has 0 bridgehead atoms. The molecule has 2 rings (SSSR count). The van der Waals surface area contributed by atoms with E-state index in [0.717, 1.165) is 4.57 Å². The normalized spacial score (nSPS) is 34.4. The summed E-state index contributed by atoms with van der Waals surface area (Å²) in [6.45, 7) is 2.88. The van der Waals surface area contributed by atoms with Crippen molar-refractivity contribution in [3.05, 3.63) is 35.4 Å². The van der Waals surface area contributed by atoms with Crippen LogP contribution in [0.3, 0.4) is 0 Å². The van der Waals surface area contributed by atoms with E-state index in [1.54, 1.807) is 0 Å². The highest BCUT2D eigenvalue weighted by Gasteiger charge is 2.53. The van der Waals surface area contributed by atoms with Crippen LogP contribution in [-0.4, -0.2) is 49.3 Å². The second kappa shape index (κ2) is 4.74. The van der Waals surface area contributed by atoms with Crippen molar-refractivity contribution in [3.8, 4) is 0 Å². The van der Waals surface area contributed by atoms with E-state index in [2.05, 4.69) is 11.6 Å². The highest BCUT2D eigenvalue weighted by atomic mass is 16.6. The van der Waals surface area contributed by atoms with Gasteiger partial charge in [-0.05, 0) is 6.07 Å². The van der Waals surface area contributed by atoms with Gasteiger partial charge in [-0.2, -0.15) is 4.98 Å². The molecule has 8 nitrogen and oxygen atoms in total. The van der Waals surface area contributed by atoms with Crippen molar-refractivity contribution in [2.45, 2.75) is 24.0 Å². The highest BCUT2D eigenvalue weighted by Crippen LogP contribution is 2.37. The van der Waals surface area contributed by atoms with Gasteiger partial charge in [-0.1, -0.05) is 6.08 Å². The Morgan fingerprint density at radius 3 is 2.79 bits per heavy atom. The van der Waals surface area contributed by atoms with Gasteiger partial charge in [0.05, 0.1) is 6.61 Å². The van der Waals surface area contributed by atoms with Gasteiger partial charge in [0.2, 0.25) is 0 Å². The smallest absolute Gasteiger partial charge is 0.351 e. The Hall–Kier alpha value is -1.74. The molecule has 1 aliphatic heterocycles. The van der Waals surface area contributed by atoms with E-state index >= 15 is 0 Å². The Morgan fingerprint density at radius 2 is 2.32 bits per heavy atom. The topological polar surface area (TPSA) is 131 Å². The van der Waals surface area contributed by atoms with Gasteiger partial charge in [-0.3, -0.25) is 4.57 Å². The van der Waals surface area contributed by atoms with E-state index < -0.39 is 36.3 Å². The van der Waals surface area contributed by atoms with Crippen LogP contribution in [0.4, 0.5) is 5.82 Å². The molecule has 4 atom stereocenters. The lowest BCUT2D eigenvalue weighted by atomic mass is 9.96. The number of nitrogen functional groups attached to an aromatic ring is 1. The fraction of sp³-hybridized carbons (Fsp3) is 0.455. The molecule has 0 aromatic carbocycles. The zero-order valence-corrected chi connectivity index (χ0v) is 10.0. The number of rotatable bonds is 3. The van der Waals surface area contributed by atoms with E-state index in [9.17, 15) is 20.1 Å². The number of aliphatic hydroxyl groups is 3. The highest BCUT2D eigenvalue weighted by molar-refractivity contribution is 5.24. The van der Waals surface area contributed by atoms with Crippen molar-refractivity contribution >= 4 is 5.82 Å². The van der Waals surface area contributed by atoms with Crippen molar-refractivity contribution in [1.82, 2.24) is 9.55 Å². The summed E-state index contributed by atoms with van der Waals surface area (Å²) in [4.78, 5) is 15.2. The Bertz CT molecular complexity index is 545. The third kappa shape index (κ3) is 2.04. The van der Waals surface area contributed by atoms with Crippen LogP contribution in [0.2, 0.25) is 0 Å². The minimum atomic E-state index is -1.52. The SMILES string of the molecule is C=C[C@]1(CO)O[C@@H](n2ccc(N)nc2=O)[C@@H](O)[C@@H]1O. The van der Waals surface area contributed by atoms with Crippen LogP contribution in [-0.2, 0) is 4.74 Å². The summed E-state index contributed by atoms with van der Waals surface area (Å²) in [6.07, 6.45) is -1.52. The average Bonchev–Trinajstić information content (AvgIpc) is 2.64. The number of anilines is 1. The summed E-state index contributed by atoms with van der Waals surface area (Å²) >= 11 is 0. The first-order valence-corrected chi connectivity index (χ1v) is 5.58. The first kappa shape index (κ1) is 13.7. The van der Waals surface area contributed by atoms with Crippen LogP contribution >= 0.6 is 0 Å². The molecule has 5 N–H and O–H groups in total. The lowest BCUT2D eigenvalue weighted by Crippen LogP contribution is -2.44. The van der Waals surface area contributed by atoms with Crippen LogP contribution in [0.15, 0.2) is 29.7 Å². The molecular weight excluding hydrogens is 254 g/mol. The molecular formula is C11H15N3O5. The Balaban J connectivity index is 2.42. The quantitative estimate of drug-likeness (QED) is 0.466. The number of nitrogens with zero attached hydrogens (tertiary/aromatic N) is 2. The standard InChI is InChI=1S/C11H15N3O5/c1-2-11(5-15)8(17)7(16)9(19-11)14-4-3-6(12)13-10(14)18/h2-4,7-9,15-17H,1,5H2,(H2,12,13,18)/t7-,8-,9+,11+/m0/s1. The molecule has 0 spiro atoms. The first-order chi connectivity index (χ1) is 8.95. The molecule has 1 saturated heterocycles. The van der Waals surface area contributed by atoms with Crippen molar-refractivity contribution < 1.29 is 20.1 Å². The summed E-state index contributed by atoms with van der Waals surface area (Å²) < 4.78 is 6.38. The lowest BCUT2D eigenvalue weighted by Gasteiger charge is -2.25. The fourth-order valence-corrected chi connectivity index (χ4v) is 2.01. The Kier molecular flexibility index (Phi) is 3.42. The molecule has 0 saturated carbocycles. The predicted octanol–water partition coefficient (Wildman–Crippen LogP) is -2.01. The number of nitrogens with two attached hydrogens (primary N) is 1. The van der Waals surface area contributed by atoms with Gasteiger partial charge in [0.15, 0.2) is 6.23 Å². The number of aromatic nitrogens is 2. The lowest BCUT2D eigenvalue weighted by molar-refractivity contribution is -0.0992. The average molecular weight is 269 g/mol. The molecule has 0 aliphatic carbocycles. The third-order valence-corrected chi connectivity index (χ3v) is 3.17. The zero-order chi connectivity index (χ0) is 14.2. The number of aliphatic hydroxyl groups excluding tert-OH is 3. The minimum Gasteiger partial charge on any atom is -0.393 e. The molecule has 0 amide bonds. The minimum absolute atomic E-state index is 0.0337. The van der Waals surface area contributed by atoms with E-state index in [1.165, 1.54) is 18.3 Å². The summed E-state index contributed by atoms with van der Waals surface area (Å²) in [5.74, 6) is 0.0337. The van der Waals surface area contributed by atoms with Crippen LogP contribution in [0, 0.1) is 0 Å². The molecule has 1 aromatic rings. The molecule has 1 aromatic heterocycles. The zero-order valence-electron chi connectivity index (χ0n) is 10.0. The molecule has 0 unspecified atom stereocenters. The molecule has 0 radical (unpaired) electrons. The van der Waals surface area contributed by atoms with Gasteiger partial charge in [0.1, 0.15) is 23.6 Å². The van der Waals surface area contributed by atoms with E-state index in [0.29, 0.717) is 0 Å². The predicted molar refractivity (Wildman–Crippen MR) is 65.1 cm³/mol. The summed E-state index contributed by atoms with van der Waals surface area (Å²) in [6, 6.07) is 1.36. The van der Waals surface area contributed by atoms with Crippen molar-refractivity contribution in [3.63, 3.8) is 0 Å². The maximum Gasteiger partial charge on any atom is 0.351 e. The molecule has 1 aliphatic rings. The molecule has 1 fully saturated rings. The second-order valence-electron chi connectivity index (χ2n) is 4.30. The van der Waals surface area contributed by atoms with Crippen LogP contribution in [0.5, 0.6) is 0 Å². The summed E-state index contributed by atoms with van der Waals surface area (Å²) in [7, 11) is 0. The fourth-order valence-electron chi connectivity index (χ4n) is 2.01. The van der Waals surface area contributed by atoms with Crippen molar-refractivity contribution in [2.24, 2.45) is 0 Å². The second-order valence-corrected chi connectivity index (χ2v) is 4.30. The molecule has 19 heavy (non-hydrogen) atoms. The largest absolute Gasteiger partial charge is 0.393 e. The maximum absolute atomic E-state index is 11.7. The van der Waals surface area contributed by atoms with Gasteiger partial charge in [0, 0.05) is 6.20 Å². The van der Waals surface area contributed by atoms with E-state index in [1.807, 2.05) is 0 Å². The van der Waals surface area contributed by atoms with Gasteiger partial charge in [0.25, 0.3) is 0 Å². The van der Waals surface area contributed by atoms with Crippen molar-refractivity contribution in [2.75, 3.05) is 12.3 Å². The van der Waals surface area contributed by atoms with Crippen LogP contribution in [0.1, 0.15) is 6.23 Å².